The lowest BCUT2D eigenvalue weighted by Crippen LogP contribution is -2.45. The van der Waals surface area contributed by atoms with Crippen LogP contribution in [0.1, 0.15) is 19.4 Å². The molecule has 3 nitrogen and oxygen atoms in total. The summed E-state index contributed by atoms with van der Waals surface area (Å²) in [4.78, 5) is 2.15. The van der Waals surface area contributed by atoms with E-state index >= 15 is 0 Å². The Kier molecular flexibility index (Phi) is 4.19. The first-order chi connectivity index (χ1) is 8.60. The third kappa shape index (κ3) is 3.00. The second kappa shape index (κ2) is 5.67. The van der Waals surface area contributed by atoms with Crippen LogP contribution in [-0.2, 0) is 6.42 Å². The zero-order valence-corrected chi connectivity index (χ0v) is 11.0. The van der Waals surface area contributed by atoms with Crippen LogP contribution in [0.25, 0.3) is 0 Å². The van der Waals surface area contributed by atoms with E-state index < -0.39 is 0 Å². The Hall–Kier alpha value is -1.13. The highest BCUT2D eigenvalue weighted by Crippen LogP contribution is 2.28. The Morgan fingerprint density at radius 3 is 2.89 bits per heavy atom. The minimum Gasteiger partial charge on any atom is -0.395 e. The minimum atomic E-state index is -0.196. The molecule has 1 heterocycles. The van der Waals surface area contributed by atoms with Crippen LogP contribution < -0.4 is 10.2 Å². The van der Waals surface area contributed by atoms with Crippen molar-refractivity contribution < 1.29 is 9.50 Å². The van der Waals surface area contributed by atoms with Crippen molar-refractivity contribution in [2.45, 2.75) is 32.4 Å². The van der Waals surface area contributed by atoms with E-state index in [1.165, 1.54) is 11.6 Å². The molecule has 0 spiro atoms. The van der Waals surface area contributed by atoms with Gasteiger partial charge in [-0.15, -0.1) is 0 Å². The lowest BCUT2D eigenvalue weighted by atomic mass is 10.1. The zero-order chi connectivity index (χ0) is 13.1. The number of hydrogen-bond acceptors (Lipinski definition) is 3. The van der Waals surface area contributed by atoms with Gasteiger partial charge in [0.2, 0.25) is 0 Å². The third-order valence-electron chi connectivity index (χ3n) is 3.27. The Morgan fingerprint density at radius 1 is 1.44 bits per heavy atom. The topological polar surface area (TPSA) is 35.5 Å². The average Bonchev–Trinajstić information content (AvgIpc) is 2.70. The van der Waals surface area contributed by atoms with Crippen LogP contribution in [0, 0.1) is 5.82 Å². The average molecular weight is 252 g/mol. The standard InChI is InChI=1S/C14H21FN2O/c1-10(2)16-13(9-18)8-17-6-5-11-3-4-12(15)7-14(11)17/h3-4,7,10,13,16,18H,5-6,8-9H2,1-2H3. The molecular weight excluding hydrogens is 231 g/mol. The van der Waals surface area contributed by atoms with Gasteiger partial charge in [-0.05, 0) is 24.1 Å². The van der Waals surface area contributed by atoms with Crippen molar-refractivity contribution in [2.75, 3.05) is 24.6 Å². The van der Waals surface area contributed by atoms with E-state index in [1.54, 1.807) is 6.07 Å². The fourth-order valence-electron chi connectivity index (χ4n) is 2.51. The van der Waals surface area contributed by atoms with Crippen LogP contribution in [0.3, 0.4) is 0 Å². The molecule has 1 unspecified atom stereocenters. The molecule has 4 heteroatoms. The molecule has 0 bridgehead atoms. The van der Waals surface area contributed by atoms with Gasteiger partial charge in [0.15, 0.2) is 0 Å². The Balaban J connectivity index is 2.06. The normalized spacial score (nSPS) is 16.2. The number of nitrogens with zero attached hydrogens (tertiary/aromatic N) is 1. The lowest BCUT2D eigenvalue weighted by Gasteiger charge is -2.27. The molecule has 0 amide bonds. The maximum atomic E-state index is 13.3. The smallest absolute Gasteiger partial charge is 0.125 e. The Labute approximate surface area is 108 Å². The molecule has 1 aliphatic rings. The summed E-state index contributed by atoms with van der Waals surface area (Å²) < 4.78 is 13.3. The molecule has 0 aliphatic carbocycles. The number of rotatable bonds is 5. The van der Waals surface area contributed by atoms with Crippen LogP contribution in [-0.4, -0.2) is 36.9 Å². The monoisotopic (exact) mass is 252 g/mol. The first kappa shape index (κ1) is 13.3. The lowest BCUT2D eigenvalue weighted by molar-refractivity contribution is 0.237. The SMILES string of the molecule is CC(C)NC(CO)CN1CCc2ccc(F)cc21. The van der Waals surface area contributed by atoms with Gasteiger partial charge >= 0.3 is 0 Å². The van der Waals surface area contributed by atoms with E-state index in [4.69, 9.17) is 0 Å². The molecule has 18 heavy (non-hydrogen) atoms. The zero-order valence-electron chi connectivity index (χ0n) is 11.0. The molecule has 0 aromatic heterocycles. The van der Waals surface area contributed by atoms with Gasteiger partial charge in [0.25, 0.3) is 0 Å². The molecule has 1 aromatic carbocycles. The second-order valence-electron chi connectivity index (χ2n) is 5.17. The molecule has 2 N–H and O–H groups in total. The molecule has 1 atom stereocenters. The van der Waals surface area contributed by atoms with Gasteiger partial charge in [-0.25, -0.2) is 4.39 Å². The van der Waals surface area contributed by atoms with E-state index in [2.05, 4.69) is 24.1 Å². The summed E-state index contributed by atoms with van der Waals surface area (Å²) in [6, 6.07) is 5.31. The van der Waals surface area contributed by atoms with Crippen molar-refractivity contribution in [1.82, 2.24) is 5.32 Å². The highest BCUT2D eigenvalue weighted by molar-refractivity contribution is 5.58. The summed E-state index contributed by atoms with van der Waals surface area (Å²) in [5.41, 5.74) is 2.16. The third-order valence-corrected chi connectivity index (χ3v) is 3.27. The van der Waals surface area contributed by atoms with Crippen molar-refractivity contribution >= 4 is 5.69 Å². The maximum Gasteiger partial charge on any atom is 0.125 e. The molecular formula is C14H21FN2O. The number of hydrogen-bond donors (Lipinski definition) is 2. The summed E-state index contributed by atoms with van der Waals surface area (Å²) in [6.07, 6.45) is 0.954. The highest BCUT2D eigenvalue weighted by Gasteiger charge is 2.22. The van der Waals surface area contributed by atoms with Crippen molar-refractivity contribution in [1.29, 1.82) is 0 Å². The largest absolute Gasteiger partial charge is 0.395 e. The van der Waals surface area contributed by atoms with Crippen LogP contribution >= 0.6 is 0 Å². The summed E-state index contributed by atoms with van der Waals surface area (Å²) >= 11 is 0. The quantitative estimate of drug-likeness (QED) is 0.834. The molecule has 1 aromatic rings. The fourth-order valence-corrected chi connectivity index (χ4v) is 2.51. The number of nitrogens with one attached hydrogen (secondary N) is 1. The van der Waals surface area contributed by atoms with E-state index in [0.717, 1.165) is 18.7 Å². The van der Waals surface area contributed by atoms with Crippen LogP contribution in [0.2, 0.25) is 0 Å². The van der Waals surface area contributed by atoms with Crippen LogP contribution in [0.5, 0.6) is 0 Å². The van der Waals surface area contributed by atoms with Gasteiger partial charge in [0.1, 0.15) is 5.82 Å². The molecule has 100 valence electrons. The molecule has 0 saturated carbocycles. The van der Waals surface area contributed by atoms with Gasteiger partial charge in [-0.2, -0.15) is 0 Å². The molecule has 0 saturated heterocycles. The van der Waals surface area contributed by atoms with E-state index in [0.29, 0.717) is 12.6 Å². The number of aliphatic hydroxyl groups is 1. The summed E-state index contributed by atoms with van der Waals surface area (Å²) in [5.74, 6) is -0.196. The van der Waals surface area contributed by atoms with Gasteiger partial charge in [0, 0.05) is 30.9 Å². The fraction of sp³-hybridized carbons (Fsp3) is 0.571. The summed E-state index contributed by atoms with van der Waals surface area (Å²) in [5, 5.41) is 12.7. The highest BCUT2D eigenvalue weighted by atomic mass is 19.1. The van der Waals surface area contributed by atoms with Gasteiger partial charge < -0.3 is 15.3 Å². The first-order valence-corrected chi connectivity index (χ1v) is 6.50. The van der Waals surface area contributed by atoms with Gasteiger partial charge in [0.05, 0.1) is 6.61 Å². The predicted molar refractivity (Wildman–Crippen MR) is 71.5 cm³/mol. The first-order valence-electron chi connectivity index (χ1n) is 6.50. The predicted octanol–water partition coefficient (Wildman–Crippen LogP) is 1.55. The number of anilines is 1. The summed E-state index contributed by atoms with van der Waals surface area (Å²) in [6.45, 7) is 5.82. The van der Waals surface area contributed by atoms with Crippen molar-refractivity contribution in [3.05, 3.63) is 29.6 Å². The van der Waals surface area contributed by atoms with E-state index in [9.17, 15) is 9.50 Å². The number of fused-ring (bicyclic) bond motifs is 1. The molecule has 0 fully saturated rings. The maximum absolute atomic E-state index is 13.3. The molecule has 0 radical (unpaired) electrons. The van der Waals surface area contributed by atoms with Crippen LogP contribution in [0.4, 0.5) is 10.1 Å². The van der Waals surface area contributed by atoms with Crippen molar-refractivity contribution in [3.8, 4) is 0 Å². The van der Waals surface area contributed by atoms with Crippen molar-refractivity contribution in [3.63, 3.8) is 0 Å². The Morgan fingerprint density at radius 2 is 2.22 bits per heavy atom. The van der Waals surface area contributed by atoms with Crippen LogP contribution in [0.15, 0.2) is 18.2 Å². The number of aliphatic hydroxyl groups excluding tert-OH is 1. The molecule has 2 rings (SSSR count). The van der Waals surface area contributed by atoms with Crippen molar-refractivity contribution in [2.24, 2.45) is 0 Å². The number of benzene rings is 1. The van der Waals surface area contributed by atoms with Gasteiger partial charge in [-0.1, -0.05) is 19.9 Å². The van der Waals surface area contributed by atoms with Gasteiger partial charge in [-0.3, -0.25) is 0 Å². The minimum absolute atomic E-state index is 0.0271. The summed E-state index contributed by atoms with van der Waals surface area (Å²) in [7, 11) is 0. The number of halogens is 1. The second-order valence-corrected chi connectivity index (χ2v) is 5.17. The Bertz CT molecular complexity index is 409. The molecule has 1 aliphatic heterocycles. The van der Waals surface area contributed by atoms with E-state index in [-0.39, 0.29) is 18.5 Å². The van der Waals surface area contributed by atoms with E-state index in [1.807, 2.05) is 6.07 Å².